The number of hydrogen-bond acceptors (Lipinski definition) is 2. The molecular formula is C13H23F3N2. The first-order valence-corrected chi connectivity index (χ1v) is 6.77. The first-order chi connectivity index (χ1) is 8.21. The van der Waals surface area contributed by atoms with Gasteiger partial charge in [0.2, 0.25) is 0 Å². The Kier molecular flexibility index (Phi) is 3.67. The highest BCUT2D eigenvalue weighted by Crippen LogP contribution is 2.42. The molecule has 18 heavy (non-hydrogen) atoms. The maximum atomic E-state index is 12.7. The van der Waals surface area contributed by atoms with Crippen molar-refractivity contribution in [1.29, 1.82) is 0 Å². The van der Waals surface area contributed by atoms with Gasteiger partial charge in [-0.15, -0.1) is 0 Å². The van der Waals surface area contributed by atoms with Crippen molar-refractivity contribution in [2.75, 3.05) is 19.6 Å². The number of alkyl halides is 3. The zero-order valence-corrected chi connectivity index (χ0v) is 11.3. The summed E-state index contributed by atoms with van der Waals surface area (Å²) in [6, 6.07) is -0.0153. The minimum Gasteiger partial charge on any atom is -0.308 e. The topological polar surface area (TPSA) is 15.3 Å². The van der Waals surface area contributed by atoms with Gasteiger partial charge in [0.15, 0.2) is 0 Å². The molecule has 0 aromatic carbocycles. The van der Waals surface area contributed by atoms with Crippen molar-refractivity contribution in [1.82, 2.24) is 10.2 Å². The van der Waals surface area contributed by atoms with E-state index in [1.807, 2.05) is 13.8 Å². The van der Waals surface area contributed by atoms with Crippen LogP contribution in [0.4, 0.5) is 13.2 Å². The SMILES string of the molecule is CC(C)C1CNC(C)(C2CC2)CN1CC(F)(F)F. The second-order valence-corrected chi connectivity index (χ2v) is 6.40. The third-order valence-corrected chi connectivity index (χ3v) is 4.35. The lowest BCUT2D eigenvalue weighted by Gasteiger charge is -2.48. The highest BCUT2D eigenvalue weighted by Gasteiger charge is 2.48. The van der Waals surface area contributed by atoms with E-state index in [2.05, 4.69) is 12.2 Å². The minimum atomic E-state index is -4.10. The summed E-state index contributed by atoms with van der Waals surface area (Å²) in [6.07, 6.45) is -1.81. The molecule has 0 aromatic rings. The summed E-state index contributed by atoms with van der Waals surface area (Å²) in [5, 5.41) is 3.50. The molecule has 0 bridgehead atoms. The largest absolute Gasteiger partial charge is 0.401 e. The van der Waals surface area contributed by atoms with E-state index in [0.717, 1.165) is 12.8 Å². The standard InChI is InChI=1S/C13H23F3N2/c1-9(2)11-6-17-12(3,10-4-5-10)7-18(11)8-13(14,15)16/h9-11,17H,4-8H2,1-3H3. The molecule has 1 saturated carbocycles. The van der Waals surface area contributed by atoms with E-state index in [-0.39, 0.29) is 17.5 Å². The van der Waals surface area contributed by atoms with Crippen LogP contribution in [0.2, 0.25) is 0 Å². The van der Waals surface area contributed by atoms with Crippen LogP contribution in [0.15, 0.2) is 0 Å². The van der Waals surface area contributed by atoms with E-state index in [0.29, 0.717) is 19.0 Å². The van der Waals surface area contributed by atoms with Crippen LogP contribution in [0.1, 0.15) is 33.6 Å². The zero-order chi connectivity index (χ0) is 13.6. The third kappa shape index (κ3) is 3.18. The van der Waals surface area contributed by atoms with E-state index in [4.69, 9.17) is 0 Å². The molecule has 2 nitrogen and oxygen atoms in total. The minimum absolute atomic E-state index is 0.0153. The Morgan fingerprint density at radius 2 is 1.94 bits per heavy atom. The Bertz CT molecular complexity index is 299. The fourth-order valence-electron chi connectivity index (χ4n) is 3.12. The van der Waals surface area contributed by atoms with Crippen LogP contribution in [0.3, 0.4) is 0 Å². The molecule has 106 valence electrons. The summed E-state index contributed by atoms with van der Waals surface area (Å²) in [6.45, 7) is 6.47. The maximum Gasteiger partial charge on any atom is 0.401 e. The number of nitrogens with zero attached hydrogens (tertiary/aromatic N) is 1. The van der Waals surface area contributed by atoms with Gasteiger partial charge >= 0.3 is 6.18 Å². The van der Waals surface area contributed by atoms with E-state index in [1.165, 1.54) is 0 Å². The molecule has 2 fully saturated rings. The lowest BCUT2D eigenvalue weighted by Crippen LogP contribution is -2.66. The molecule has 1 heterocycles. The van der Waals surface area contributed by atoms with Crippen LogP contribution in [0.25, 0.3) is 0 Å². The van der Waals surface area contributed by atoms with Gasteiger partial charge in [0, 0.05) is 24.7 Å². The summed E-state index contributed by atoms with van der Waals surface area (Å²) in [5.41, 5.74) is -0.128. The molecular weight excluding hydrogens is 241 g/mol. The third-order valence-electron chi connectivity index (χ3n) is 4.35. The van der Waals surface area contributed by atoms with Gasteiger partial charge < -0.3 is 5.32 Å². The molecule has 1 N–H and O–H groups in total. The predicted molar refractivity (Wildman–Crippen MR) is 65.4 cm³/mol. The second-order valence-electron chi connectivity index (χ2n) is 6.40. The van der Waals surface area contributed by atoms with Gasteiger partial charge in [-0.3, -0.25) is 4.90 Å². The predicted octanol–water partition coefficient (Wildman–Crippen LogP) is 2.65. The van der Waals surface area contributed by atoms with Crippen LogP contribution in [0, 0.1) is 11.8 Å². The smallest absolute Gasteiger partial charge is 0.308 e. The van der Waals surface area contributed by atoms with Crippen molar-refractivity contribution in [3.63, 3.8) is 0 Å². The monoisotopic (exact) mass is 264 g/mol. The Hall–Kier alpha value is -0.290. The summed E-state index contributed by atoms with van der Waals surface area (Å²) in [7, 11) is 0. The number of halogens is 3. The lowest BCUT2D eigenvalue weighted by atomic mass is 9.88. The van der Waals surface area contributed by atoms with E-state index in [9.17, 15) is 13.2 Å². The fraction of sp³-hybridized carbons (Fsp3) is 1.00. The van der Waals surface area contributed by atoms with Crippen molar-refractivity contribution in [3.05, 3.63) is 0 Å². The van der Waals surface area contributed by atoms with Gasteiger partial charge in [0.1, 0.15) is 0 Å². The normalized spacial score (nSPS) is 35.2. The molecule has 2 unspecified atom stereocenters. The van der Waals surface area contributed by atoms with Crippen LogP contribution >= 0.6 is 0 Å². The van der Waals surface area contributed by atoms with Crippen molar-refractivity contribution < 1.29 is 13.2 Å². The van der Waals surface area contributed by atoms with Crippen LogP contribution in [-0.4, -0.2) is 42.3 Å². The molecule has 1 saturated heterocycles. The highest BCUT2D eigenvalue weighted by molar-refractivity contribution is 5.04. The Labute approximate surface area is 107 Å². The van der Waals surface area contributed by atoms with E-state index >= 15 is 0 Å². The molecule has 2 aliphatic rings. The molecule has 2 atom stereocenters. The Morgan fingerprint density at radius 3 is 2.39 bits per heavy atom. The highest BCUT2D eigenvalue weighted by atomic mass is 19.4. The molecule has 0 radical (unpaired) electrons. The van der Waals surface area contributed by atoms with Gasteiger partial charge in [0.05, 0.1) is 6.54 Å². The van der Waals surface area contributed by atoms with Crippen molar-refractivity contribution in [2.45, 2.75) is 51.4 Å². The number of piperazine rings is 1. The maximum absolute atomic E-state index is 12.7. The van der Waals surface area contributed by atoms with Gasteiger partial charge in [-0.05, 0) is 31.6 Å². The first kappa shape index (κ1) is 14.1. The van der Waals surface area contributed by atoms with E-state index in [1.54, 1.807) is 4.90 Å². The van der Waals surface area contributed by atoms with Crippen molar-refractivity contribution in [3.8, 4) is 0 Å². The van der Waals surface area contributed by atoms with E-state index < -0.39 is 12.7 Å². The lowest BCUT2D eigenvalue weighted by molar-refractivity contribution is -0.159. The van der Waals surface area contributed by atoms with Gasteiger partial charge in [-0.1, -0.05) is 13.8 Å². The van der Waals surface area contributed by atoms with Crippen molar-refractivity contribution >= 4 is 0 Å². The van der Waals surface area contributed by atoms with Gasteiger partial charge in [-0.25, -0.2) is 0 Å². The summed E-state index contributed by atoms with van der Waals surface area (Å²) in [5.74, 6) is 0.796. The molecule has 0 spiro atoms. The second kappa shape index (κ2) is 4.67. The molecule has 1 aliphatic heterocycles. The van der Waals surface area contributed by atoms with Crippen LogP contribution < -0.4 is 5.32 Å². The average molecular weight is 264 g/mol. The summed E-state index contributed by atoms with van der Waals surface area (Å²) < 4.78 is 38.1. The summed E-state index contributed by atoms with van der Waals surface area (Å²) >= 11 is 0. The Balaban J connectivity index is 2.07. The summed E-state index contributed by atoms with van der Waals surface area (Å²) in [4.78, 5) is 1.64. The molecule has 0 amide bonds. The van der Waals surface area contributed by atoms with Crippen LogP contribution in [0.5, 0.6) is 0 Å². The molecule has 5 heteroatoms. The number of rotatable bonds is 3. The molecule has 1 aliphatic carbocycles. The first-order valence-electron chi connectivity index (χ1n) is 6.77. The average Bonchev–Trinajstić information content (AvgIpc) is 2.96. The van der Waals surface area contributed by atoms with Crippen LogP contribution in [-0.2, 0) is 0 Å². The number of nitrogens with one attached hydrogen (secondary N) is 1. The Morgan fingerprint density at radius 1 is 1.33 bits per heavy atom. The quantitative estimate of drug-likeness (QED) is 0.843. The molecule has 2 rings (SSSR count). The zero-order valence-electron chi connectivity index (χ0n) is 11.3. The van der Waals surface area contributed by atoms with Gasteiger partial charge in [-0.2, -0.15) is 13.2 Å². The fourth-order valence-corrected chi connectivity index (χ4v) is 3.12. The van der Waals surface area contributed by atoms with Crippen molar-refractivity contribution in [2.24, 2.45) is 11.8 Å². The number of hydrogen-bond donors (Lipinski definition) is 1. The molecule has 0 aromatic heterocycles. The van der Waals surface area contributed by atoms with Gasteiger partial charge in [0.25, 0.3) is 0 Å².